The Morgan fingerprint density at radius 2 is 2.21 bits per heavy atom. The van der Waals surface area contributed by atoms with Crippen LogP contribution in [0.4, 0.5) is 0 Å². The van der Waals surface area contributed by atoms with E-state index < -0.39 is 0 Å². The highest BCUT2D eigenvalue weighted by molar-refractivity contribution is 5.79. The number of hydrogen-bond donors (Lipinski definition) is 1. The number of carbonyl (C=O) groups excluding carboxylic acids is 1. The van der Waals surface area contributed by atoms with Crippen LogP contribution in [0.25, 0.3) is 0 Å². The topological polar surface area (TPSA) is 80.3 Å². The molecular weight excluding hydrogens is 308 g/mol. The standard InChI is InChI=1S/C17H22N4O3/c1-23-10-13-5-3-4-12(6-13)7-16(22)21-9-14(24-2)8-15(21)17-18-11-19-20-17/h3-6,11,14-15H,7-10H2,1-2H3,(H,18,19,20)/t14-,15+/m1/s1. The Hall–Kier alpha value is -2.25. The lowest BCUT2D eigenvalue weighted by Gasteiger charge is -2.22. The Morgan fingerprint density at radius 3 is 2.92 bits per heavy atom. The van der Waals surface area contributed by atoms with Gasteiger partial charge in [-0.15, -0.1) is 0 Å². The Kier molecular flexibility index (Phi) is 5.22. The van der Waals surface area contributed by atoms with E-state index in [1.54, 1.807) is 14.2 Å². The van der Waals surface area contributed by atoms with Crippen LogP contribution in [0.2, 0.25) is 0 Å². The number of likely N-dealkylation sites (tertiary alicyclic amines) is 1. The molecule has 1 aromatic heterocycles. The molecule has 0 aliphatic carbocycles. The van der Waals surface area contributed by atoms with Gasteiger partial charge in [-0.1, -0.05) is 24.3 Å². The van der Waals surface area contributed by atoms with Gasteiger partial charge in [0.05, 0.1) is 25.2 Å². The molecule has 7 heteroatoms. The Labute approximate surface area is 141 Å². The first kappa shape index (κ1) is 16.6. The molecule has 1 aromatic carbocycles. The van der Waals surface area contributed by atoms with Gasteiger partial charge in [-0.2, -0.15) is 5.10 Å². The number of amides is 1. The summed E-state index contributed by atoms with van der Waals surface area (Å²) >= 11 is 0. The van der Waals surface area contributed by atoms with Crippen LogP contribution in [-0.4, -0.2) is 52.9 Å². The van der Waals surface area contributed by atoms with E-state index in [-0.39, 0.29) is 18.1 Å². The van der Waals surface area contributed by atoms with E-state index in [0.717, 1.165) is 17.5 Å². The molecule has 0 radical (unpaired) electrons. The zero-order chi connectivity index (χ0) is 16.9. The summed E-state index contributed by atoms with van der Waals surface area (Å²) in [6.45, 7) is 1.11. The first-order valence-corrected chi connectivity index (χ1v) is 7.95. The molecule has 1 N–H and O–H groups in total. The minimum absolute atomic E-state index is 0.0175. The van der Waals surface area contributed by atoms with Gasteiger partial charge >= 0.3 is 0 Å². The van der Waals surface area contributed by atoms with Gasteiger partial charge in [-0.3, -0.25) is 9.89 Å². The molecule has 0 unspecified atom stereocenters. The van der Waals surface area contributed by atoms with Crippen molar-refractivity contribution in [1.82, 2.24) is 20.1 Å². The van der Waals surface area contributed by atoms with Gasteiger partial charge in [-0.05, 0) is 11.1 Å². The molecule has 2 atom stereocenters. The summed E-state index contributed by atoms with van der Waals surface area (Å²) in [5.41, 5.74) is 2.04. The maximum atomic E-state index is 12.8. The molecule has 0 bridgehead atoms. The number of carbonyl (C=O) groups is 1. The number of hydrogen-bond acceptors (Lipinski definition) is 5. The summed E-state index contributed by atoms with van der Waals surface area (Å²) in [5, 5.41) is 6.77. The van der Waals surface area contributed by atoms with E-state index in [1.807, 2.05) is 29.2 Å². The largest absolute Gasteiger partial charge is 0.380 e. The lowest BCUT2D eigenvalue weighted by atomic mass is 10.1. The number of ether oxygens (including phenoxy) is 2. The average molecular weight is 330 g/mol. The zero-order valence-corrected chi connectivity index (χ0v) is 13.9. The van der Waals surface area contributed by atoms with Gasteiger partial charge in [0.1, 0.15) is 12.2 Å². The molecular formula is C17H22N4O3. The summed E-state index contributed by atoms with van der Waals surface area (Å²) in [5.74, 6) is 0.765. The molecule has 1 aliphatic rings. The molecule has 1 aliphatic heterocycles. The molecule has 128 valence electrons. The molecule has 2 heterocycles. The molecule has 0 spiro atoms. The van der Waals surface area contributed by atoms with Crippen molar-refractivity contribution < 1.29 is 14.3 Å². The molecule has 0 saturated carbocycles. The highest BCUT2D eigenvalue weighted by Crippen LogP contribution is 2.31. The third-order valence-electron chi connectivity index (χ3n) is 4.32. The van der Waals surface area contributed by atoms with Crippen LogP contribution >= 0.6 is 0 Å². The number of benzene rings is 1. The fourth-order valence-electron chi connectivity index (χ4n) is 3.15. The highest BCUT2D eigenvalue weighted by Gasteiger charge is 2.37. The first-order valence-electron chi connectivity index (χ1n) is 7.95. The smallest absolute Gasteiger partial charge is 0.227 e. The van der Waals surface area contributed by atoms with Crippen molar-refractivity contribution in [3.05, 3.63) is 47.5 Å². The van der Waals surface area contributed by atoms with Crippen molar-refractivity contribution in [2.24, 2.45) is 0 Å². The van der Waals surface area contributed by atoms with Gasteiger partial charge in [0.15, 0.2) is 0 Å². The fourth-order valence-corrected chi connectivity index (χ4v) is 3.15. The Balaban J connectivity index is 1.74. The van der Waals surface area contributed by atoms with Gasteiger partial charge in [0.25, 0.3) is 0 Å². The highest BCUT2D eigenvalue weighted by atomic mass is 16.5. The second-order valence-electron chi connectivity index (χ2n) is 5.96. The second kappa shape index (κ2) is 7.55. The number of aromatic nitrogens is 3. The van der Waals surface area contributed by atoms with Crippen molar-refractivity contribution in [1.29, 1.82) is 0 Å². The predicted octanol–water partition coefficient (Wildman–Crippen LogP) is 1.48. The van der Waals surface area contributed by atoms with E-state index >= 15 is 0 Å². The van der Waals surface area contributed by atoms with Crippen molar-refractivity contribution in [2.75, 3.05) is 20.8 Å². The minimum atomic E-state index is -0.118. The summed E-state index contributed by atoms with van der Waals surface area (Å²) in [6, 6.07) is 7.80. The van der Waals surface area contributed by atoms with Crippen molar-refractivity contribution in [3.63, 3.8) is 0 Å². The van der Waals surface area contributed by atoms with Crippen molar-refractivity contribution >= 4 is 5.91 Å². The lowest BCUT2D eigenvalue weighted by Crippen LogP contribution is -2.33. The van der Waals surface area contributed by atoms with Crippen LogP contribution in [0.3, 0.4) is 0 Å². The molecule has 7 nitrogen and oxygen atoms in total. The first-order chi connectivity index (χ1) is 11.7. The summed E-state index contributed by atoms with van der Waals surface area (Å²) in [7, 11) is 3.33. The molecule has 1 saturated heterocycles. The van der Waals surface area contributed by atoms with Crippen LogP contribution < -0.4 is 0 Å². The fraction of sp³-hybridized carbons (Fsp3) is 0.471. The predicted molar refractivity (Wildman–Crippen MR) is 87.1 cm³/mol. The SMILES string of the molecule is COCc1cccc(CC(=O)N2C[C@H](OC)C[C@H]2c2ncn[nH]2)c1. The number of methoxy groups -OCH3 is 2. The number of nitrogens with zero attached hydrogens (tertiary/aromatic N) is 3. The van der Waals surface area contributed by atoms with Gasteiger partial charge in [0.2, 0.25) is 5.91 Å². The van der Waals surface area contributed by atoms with E-state index in [4.69, 9.17) is 9.47 Å². The third kappa shape index (κ3) is 3.63. The van der Waals surface area contributed by atoms with Crippen LogP contribution in [0.15, 0.2) is 30.6 Å². The van der Waals surface area contributed by atoms with Crippen LogP contribution in [0, 0.1) is 0 Å². The monoisotopic (exact) mass is 330 g/mol. The van der Waals surface area contributed by atoms with E-state index in [2.05, 4.69) is 15.2 Å². The summed E-state index contributed by atoms with van der Waals surface area (Å²) in [4.78, 5) is 18.9. The molecule has 1 fully saturated rings. The zero-order valence-electron chi connectivity index (χ0n) is 13.9. The normalized spacial score (nSPS) is 20.5. The van der Waals surface area contributed by atoms with Gasteiger partial charge < -0.3 is 14.4 Å². The van der Waals surface area contributed by atoms with E-state index in [1.165, 1.54) is 6.33 Å². The van der Waals surface area contributed by atoms with Gasteiger partial charge in [0, 0.05) is 27.2 Å². The van der Waals surface area contributed by atoms with Crippen LogP contribution in [-0.2, 0) is 27.3 Å². The maximum absolute atomic E-state index is 12.8. The van der Waals surface area contributed by atoms with Crippen molar-refractivity contribution in [2.45, 2.75) is 31.6 Å². The van der Waals surface area contributed by atoms with E-state index in [0.29, 0.717) is 25.4 Å². The molecule has 3 rings (SSSR count). The Morgan fingerprint density at radius 1 is 1.38 bits per heavy atom. The average Bonchev–Trinajstić information content (AvgIpc) is 3.24. The van der Waals surface area contributed by atoms with E-state index in [9.17, 15) is 4.79 Å². The second-order valence-corrected chi connectivity index (χ2v) is 5.96. The molecule has 2 aromatic rings. The van der Waals surface area contributed by atoms with Crippen LogP contribution in [0.5, 0.6) is 0 Å². The molecule has 24 heavy (non-hydrogen) atoms. The summed E-state index contributed by atoms with van der Waals surface area (Å²) in [6.07, 6.45) is 2.55. The number of nitrogens with one attached hydrogen (secondary N) is 1. The number of aromatic amines is 1. The Bertz CT molecular complexity index is 674. The maximum Gasteiger partial charge on any atom is 0.227 e. The lowest BCUT2D eigenvalue weighted by molar-refractivity contribution is -0.131. The number of rotatable bonds is 6. The quantitative estimate of drug-likeness (QED) is 0.868. The number of H-pyrrole nitrogens is 1. The molecule has 1 amide bonds. The van der Waals surface area contributed by atoms with Crippen LogP contribution in [0.1, 0.15) is 29.4 Å². The van der Waals surface area contributed by atoms with Gasteiger partial charge in [-0.25, -0.2) is 4.98 Å². The summed E-state index contributed by atoms with van der Waals surface area (Å²) < 4.78 is 10.6. The van der Waals surface area contributed by atoms with Crippen molar-refractivity contribution in [3.8, 4) is 0 Å². The minimum Gasteiger partial charge on any atom is -0.380 e. The third-order valence-corrected chi connectivity index (χ3v) is 4.32.